The third-order valence-electron chi connectivity index (χ3n) is 4.49. The molecule has 20 heavy (non-hydrogen) atoms. The van der Waals surface area contributed by atoms with Crippen LogP contribution in [-0.4, -0.2) is 47.5 Å². The Morgan fingerprint density at radius 3 is 2.65 bits per heavy atom. The lowest BCUT2D eigenvalue weighted by Gasteiger charge is -2.31. The predicted octanol–water partition coefficient (Wildman–Crippen LogP) is 2.07. The molecule has 1 fully saturated rings. The van der Waals surface area contributed by atoms with Crippen molar-refractivity contribution in [2.45, 2.75) is 45.3 Å². The summed E-state index contributed by atoms with van der Waals surface area (Å²) >= 11 is 0. The maximum atomic E-state index is 10.9. The number of ether oxygens (including phenoxy) is 1. The molecule has 1 N–H and O–H groups in total. The summed E-state index contributed by atoms with van der Waals surface area (Å²) in [5.41, 5.74) is 0.780. The van der Waals surface area contributed by atoms with Gasteiger partial charge in [-0.1, -0.05) is 19.8 Å². The Morgan fingerprint density at radius 1 is 1.45 bits per heavy atom. The van der Waals surface area contributed by atoms with Crippen LogP contribution in [0.4, 0.5) is 0 Å². The lowest BCUT2D eigenvalue weighted by Crippen LogP contribution is -2.27. The van der Waals surface area contributed by atoms with Crippen LogP contribution >= 0.6 is 0 Å². The molecule has 1 aliphatic carbocycles. The molecular formula is C15H27N3O2. The Labute approximate surface area is 121 Å². The van der Waals surface area contributed by atoms with Crippen LogP contribution in [0.25, 0.3) is 0 Å². The molecule has 0 aliphatic heterocycles. The van der Waals surface area contributed by atoms with Gasteiger partial charge in [0.05, 0.1) is 19.9 Å². The second-order valence-electron chi connectivity index (χ2n) is 6.39. The van der Waals surface area contributed by atoms with Crippen molar-refractivity contribution in [3.63, 3.8) is 0 Å². The highest BCUT2D eigenvalue weighted by atomic mass is 16.5. The molecule has 1 atom stereocenters. The summed E-state index contributed by atoms with van der Waals surface area (Å²) < 4.78 is 7.30. The minimum absolute atomic E-state index is 0.0524. The van der Waals surface area contributed by atoms with Gasteiger partial charge in [0.25, 0.3) is 0 Å². The van der Waals surface area contributed by atoms with Gasteiger partial charge in [0, 0.05) is 6.54 Å². The van der Waals surface area contributed by atoms with E-state index in [2.05, 4.69) is 16.9 Å². The van der Waals surface area contributed by atoms with Gasteiger partial charge in [-0.05, 0) is 32.4 Å². The monoisotopic (exact) mass is 281 g/mol. The zero-order valence-corrected chi connectivity index (χ0v) is 13.1. The van der Waals surface area contributed by atoms with E-state index in [1.54, 1.807) is 13.3 Å². The minimum Gasteiger partial charge on any atom is -0.493 e. The van der Waals surface area contributed by atoms with E-state index in [0.29, 0.717) is 5.75 Å². The number of aromatic nitrogens is 2. The fraction of sp³-hybridized carbons (Fsp3) is 0.800. The van der Waals surface area contributed by atoms with Gasteiger partial charge in [-0.2, -0.15) is 5.10 Å². The topological polar surface area (TPSA) is 50.5 Å². The van der Waals surface area contributed by atoms with Gasteiger partial charge >= 0.3 is 0 Å². The van der Waals surface area contributed by atoms with Gasteiger partial charge < -0.3 is 14.7 Å². The molecule has 0 bridgehead atoms. The van der Waals surface area contributed by atoms with Crippen molar-refractivity contribution >= 4 is 0 Å². The van der Waals surface area contributed by atoms with Crippen LogP contribution in [0, 0.1) is 5.41 Å². The van der Waals surface area contributed by atoms with Crippen LogP contribution < -0.4 is 4.74 Å². The van der Waals surface area contributed by atoms with Gasteiger partial charge in [0.15, 0.2) is 5.75 Å². The first-order valence-electron chi connectivity index (χ1n) is 7.40. The fourth-order valence-corrected chi connectivity index (χ4v) is 3.07. The fourth-order valence-electron chi connectivity index (χ4n) is 3.07. The van der Waals surface area contributed by atoms with Crippen molar-refractivity contribution in [3.8, 4) is 5.75 Å². The molecule has 0 aromatic carbocycles. The van der Waals surface area contributed by atoms with Gasteiger partial charge in [0.2, 0.25) is 0 Å². The van der Waals surface area contributed by atoms with Crippen LogP contribution in [0.2, 0.25) is 0 Å². The van der Waals surface area contributed by atoms with Crippen LogP contribution in [-0.2, 0) is 6.54 Å². The van der Waals surface area contributed by atoms with E-state index >= 15 is 0 Å². The molecular weight excluding hydrogens is 254 g/mol. The summed E-state index contributed by atoms with van der Waals surface area (Å²) in [6.07, 6.45) is 5.73. The molecule has 1 unspecified atom stereocenters. The normalized spacial score (nSPS) is 19.5. The van der Waals surface area contributed by atoms with Crippen LogP contribution in [0.5, 0.6) is 5.75 Å². The Bertz CT molecular complexity index is 436. The molecule has 5 nitrogen and oxygen atoms in total. The van der Waals surface area contributed by atoms with Crippen molar-refractivity contribution in [1.82, 2.24) is 14.7 Å². The van der Waals surface area contributed by atoms with Crippen molar-refractivity contribution < 1.29 is 9.84 Å². The largest absolute Gasteiger partial charge is 0.493 e. The van der Waals surface area contributed by atoms with E-state index in [0.717, 1.165) is 31.6 Å². The SMILES string of the molecule is COc1cnn(CCN(C)C)c1C(O)C1(C)CCCC1. The number of likely N-dealkylation sites (N-methyl/N-ethyl adjacent to an activating group) is 1. The average molecular weight is 281 g/mol. The highest BCUT2D eigenvalue weighted by Gasteiger charge is 2.40. The molecule has 1 heterocycles. The molecule has 5 heteroatoms. The van der Waals surface area contributed by atoms with Gasteiger partial charge in [-0.15, -0.1) is 0 Å². The summed E-state index contributed by atoms with van der Waals surface area (Å²) in [5.74, 6) is 0.699. The molecule has 0 spiro atoms. The maximum Gasteiger partial charge on any atom is 0.162 e. The summed E-state index contributed by atoms with van der Waals surface area (Å²) in [6.45, 7) is 3.83. The van der Waals surface area contributed by atoms with Crippen molar-refractivity contribution in [2.75, 3.05) is 27.7 Å². The summed E-state index contributed by atoms with van der Waals surface area (Å²) in [6, 6.07) is 0. The lowest BCUT2D eigenvalue weighted by molar-refractivity contribution is 0.0312. The molecule has 0 amide bonds. The van der Waals surface area contributed by atoms with Gasteiger partial charge in [0.1, 0.15) is 11.8 Å². The first kappa shape index (κ1) is 15.3. The van der Waals surface area contributed by atoms with E-state index in [9.17, 15) is 5.11 Å². The molecule has 1 aromatic rings. The van der Waals surface area contributed by atoms with Crippen molar-refractivity contribution in [1.29, 1.82) is 0 Å². The number of rotatable bonds is 6. The lowest BCUT2D eigenvalue weighted by atomic mass is 9.81. The first-order valence-corrected chi connectivity index (χ1v) is 7.40. The number of aliphatic hydroxyl groups excluding tert-OH is 1. The summed E-state index contributed by atoms with van der Waals surface area (Å²) in [7, 11) is 5.71. The smallest absolute Gasteiger partial charge is 0.162 e. The number of aliphatic hydroxyl groups is 1. The minimum atomic E-state index is -0.510. The molecule has 0 radical (unpaired) electrons. The highest BCUT2D eigenvalue weighted by molar-refractivity contribution is 5.29. The third-order valence-corrected chi connectivity index (χ3v) is 4.49. The van der Waals surface area contributed by atoms with E-state index in [1.165, 1.54) is 12.8 Å². The molecule has 2 rings (SSSR count). The van der Waals surface area contributed by atoms with Gasteiger partial charge in [-0.25, -0.2) is 0 Å². The molecule has 114 valence electrons. The molecule has 0 saturated heterocycles. The predicted molar refractivity (Wildman–Crippen MR) is 78.9 cm³/mol. The number of nitrogens with zero attached hydrogens (tertiary/aromatic N) is 3. The van der Waals surface area contributed by atoms with Crippen LogP contribution in [0.15, 0.2) is 6.20 Å². The standard InChI is InChI=1S/C15H27N3O2/c1-15(7-5-6-8-15)14(19)13-12(20-4)11-16-18(13)10-9-17(2)3/h11,14,19H,5-10H2,1-4H3. The number of hydrogen-bond donors (Lipinski definition) is 1. The van der Waals surface area contributed by atoms with Crippen molar-refractivity contribution in [3.05, 3.63) is 11.9 Å². The maximum absolute atomic E-state index is 10.9. The molecule has 1 aromatic heterocycles. The second-order valence-corrected chi connectivity index (χ2v) is 6.39. The highest BCUT2D eigenvalue weighted by Crippen LogP contribution is 2.48. The summed E-state index contributed by atoms with van der Waals surface area (Å²) in [5, 5.41) is 15.3. The quantitative estimate of drug-likeness (QED) is 0.867. The number of methoxy groups -OCH3 is 1. The van der Waals surface area contributed by atoms with Crippen LogP contribution in [0.1, 0.15) is 44.4 Å². The Kier molecular flexibility index (Phi) is 4.70. The summed E-state index contributed by atoms with van der Waals surface area (Å²) in [4.78, 5) is 2.11. The Morgan fingerprint density at radius 2 is 2.10 bits per heavy atom. The van der Waals surface area contributed by atoms with E-state index in [4.69, 9.17) is 4.74 Å². The zero-order chi connectivity index (χ0) is 14.8. The zero-order valence-electron chi connectivity index (χ0n) is 13.1. The first-order chi connectivity index (χ1) is 9.48. The van der Waals surface area contributed by atoms with E-state index < -0.39 is 6.10 Å². The Balaban J connectivity index is 2.25. The third kappa shape index (κ3) is 2.99. The van der Waals surface area contributed by atoms with E-state index in [1.807, 2.05) is 18.8 Å². The molecule has 1 saturated carbocycles. The molecule has 1 aliphatic rings. The Hall–Kier alpha value is -1.07. The van der Waals surface area contributed by atoms with Gasteiger partial charge in [-0.3, -0.25) is 4.68 Å². The van der Waals surface area contributed by atoms with Crippen molar-refractivity contribution in [2.24, 2.45) is 5.41 Å². The second kappa shape index (κ2) is 6.14. The average Bonchev–Trinajstić information content (AvgIpc) is 3.02. The van der Waals surface area contributed by atoms with E-state index in [-0.39, 0.29) is 5.41 Å². The van der Waals surface area contributed by atoms with Crippen LogP contribution in [0.3, 0.4) is 0 Å². The number of hydrogen-bond acceptors (Lipinski definition) is 4.